The Morgan fingerprint density at radius 1 is 0.743 bits per heavy atom. The van der Waals surface area contributed by atoms with E-state index in [1.165, 1.54) is 46.8 Å². The number of carbonyl (C=O) groups is 2. The highest BCUT2D eigenvalue weighted by Gasteiger charge is 2.17. The van der Waals surface area contributed by atoms with Gasteiger partial charge in [-0.25, -0.2) is 10.2 Å². The van der Waals surface area contributed by atoms with Crippen LogP contribution in [0.5, 0.6) is 28.7 Å². The highest BCUT2D eigenvalue weighted by Crippen LogP contribution is 2.38. The molecule has 0 atom stereocenters. The molecule has 0 unspecified atom stereocenters. The van der Waals surface area contributed by atoms with E-state index in [9.17, 15) is 9.59 Å². The van der Waals surface area contributed by atoms with E-state index in [0.29, 0.717) is 34.1 Å². The molecule has 35 heavy (non-hydrogen) atoms. The van der Waals surface area contributed by atoms with Gasteiger partial charge in [0.05, 0.1) is 40.2 Å². The fourth-order valence-corrected chi connectivity index (χ4v) is 3.14. The van der Waals surface area contributed by atoms with Crippen LogP contribution in [0.3, 0.4) is 0 Å². The largest absolute Gasteiger partial charge is 0.493 e. The molecule has 0 aliphatic heterocycles. The summed E-state index contributed by atoms with van der Waals surface area (Å²) >= 11 is 0. The second-order valence-corrected chi connectivity index (χ2v) is 7.28. The molecule has 3 rings (SSSR count). The van der Waals surface area contributed by atoms with E-state index in [4.69, 9.17) is 23.7 Å². The van der Waals surface area contributed by atoms with Crippen LogP contribution >= 0.6 is 0 Å². The molecule has 0 radical (unpaired) electrons. The van der Waals surface area contributed by atoms with Crippen molar-refractivity contribution >= 4 is 18.1 Å². The standard InChI is InChI=1S/C26H26N2O7/c1-16-6-9-18(10-7-16)26(30)35-20-11-8-17(12-21(20)31-2)15-27-28-25(29)19-13-22(32-3)24(34-5)23(14-19)33-4/h6-15H,1-5H3,(H,28,29). The van der Waals surface area contributed by atoms with Crippen LogP contribution in [-0.2, 0) is 0 Å². The number of hydrazone groups is 1. The van der Waals surface area contributed by atoms with E-state index in [-0.39, 0.29) is 11.3 Å². The number of rotatable bonds is 9. The second kappa shape index (κ2) is 11.6. The normalized spacial score (nSPS) is 10.5. The van der Waals surface area contributed by atoms with Gasteiger partial charge in [0.15, 0.2) is 23.0 Å². The van der Waals surface area contributed by atoms with Crippen molar-refractivity contribution in [1.29, 1.82) is 0 Å². The number of ether oxygens (including phenoxy) is 5. The van der Waals surface area contributed by atoms with Crippen LogP contribution < -0.4 is 29.1 Å². The molecule has 0 aromatic heterocycles. The average Bonchev–Trinajstić information content (AvgIpc) is 2.88. The Bertz CT molecular complexity index is 1210. The zero-order valence-electron chi connectivity index (χ0n) is 20.1. The minimum Gasteiger partial charge on any atom is -0.493 e. The van der Waals surface area contributed by atoms with Gasteiger partial charge in [-0.3, -0.25) is 4.79 Å². The summed E-state index contributed by atoms with van der Waals surface area (Å²) in [7, 11) is 5.87. The van der Waals surface area contributed by atoms with Gasteiger partial charge in [-0.05, 0) is 55.0 Å². The summed E-state index contributed by atoms with van der Waals surface area (Å²) < 4.78 is 26.6. The summed E-state index contributed by atoms with van der Waals surface area (Å²) in [6.45, 7) is 1.94. The van der Waals surface area contributed by atoms with Crippen molar-refractivity contribution in [2.75, 3.05) is 28.4 Å². The third kappa shape index (κ3) is 6.08. The lowest BCUT2D eigenvalue weighted by Gasteiger charge is -2.13. The molecule has 0 aliphatic carbocycles. The lowest BCUT2D eigenvalue weighted by molar-refractivity contribution is 0.0729. The number of esters is 1. The van der Waals surface area contributed by atoms with Gasteiger partial charge in [0.25, 0.3) is 5.91 Å². The Morgan fingerprint density at radius 2 is 1.37 bits per heavy atom. The molecule has 0 saturated heterocycles. The SMILES string of the molecule is COc1cc(C=NNC(=O)c2cc(OC)c(OC)c(OC)c2)ccc1OC(=O)c1ccc(C)cc1. The maximum atomic E-state index is 12.6. The first-order valence-electron chi connectivity index (χ1n) is 10.5. The van der Waals surface area contributed by atoms with Crippen LogP contribution in [0.15, 0.2) is 59.7 Å². The Balaban J connectivity index is 1.71. The number of nitrogens with zero attached hydrogens (tertiary/aromatic N) is 1. The molecule has 3 aromatic rings. The molecular weight excluding hydrogens is 452 g/mol. The highest BCUT2D eigenvalue weighted by molar-refractivity contribution is 5.96. The fraction of sp³-hybridized carbons (Fsp3) is 0.192. The van der Waals surface area contributed by atoms with Gasteiger partial charge in [0.2, 0.25) is 5.75 Å². The maximum absolute atomic E-state index is 12.6. The summed E-state index contributed by atoms with van der Waals surface area (Å²) in [5.41, 5.74) is 4.80. The van der Waals surface area contributed by atoms with Crippen molar-refractivity contribution in [2.24, 2.45) is 5.10 Å². The molecule has 0 spiro atoms. The summed E-state index contributed by atoms with van der Waals surface area (Å²) in [4.78, 5) is 25.0. The highest BCUT2D eigenvalue weighted by atomic mass is 16.6. The van der Waals surface area contributed by atoms with Crippen LogP contribution in [-0.4, -0.2) is 46.5 Å². The quantitative estimate of drug-likeness (QED) is 0.214. The van der Waals surface area contributed by atoms with Crippen LogP contribution in [0, 0.1) is 6.92 Å². The molecule has 1 N–H and O–H groups in total. The zero-order chi connectivity index (χ0) is 25.4. The van der Waals surface area contributed by atoms with Gasteiger partial charge < -0.3 is 23.7 Å². The number of methoxy groups -OCH3 is 4. The number of nitrogens with one attached hydrogen (secondary N) is 1. The molecule has 182 valence electrons. The average molecular weight is 479 g/mol. The summed E-state index contributed by atoms with van der Waals surface area (Å²) in [5, 5.41) is 3.99. The van der Waals surface area contributed by atoms with E-state index in [0.717, 1.165) is 5.56 Å². The summed E-state index contributed by atoms with van der Waals surface area (Å²) in [5.74, 6) is 0.703. The molecule has 1 amide bonds. The molecule has 0 fully saturated rings. The Morgan fingerprint density at radius 3 is 1.94 bits per heavy atom. The zero-order valence-corrected chi connectivity index (χ0v) is 20.1. The number of aryl methyl sites for hydroxylation is 1. The van der Waals surface area contributed by atoms with Gasteiger partial charge in [0, 0.05) is 5.56 Å². The second-order valence-electron chi connectivity index (χ2n) is 7.28. The van der Waals surface area contributed by atoms with Crippen LogP contribution in [0.25, 0.3) is 0 Å². The number of hydrogen-bond donors (Lipinski definition) is 1. The lowest BCUT2D eigenvalue weighted by atomic mass is 10.1. The van der Waals surface area contributed by atoms with Crippen molar-refractivity contribution in [3.05, 3.63) is 76.9 Å². The van der Waals surface area contributed by atoms with E-state index < -0.39 is 11.9 Å². The minimum absolute atomic E-state index is 0.261. The predicted molar refractivity (Wildman–Crippen MR) is 130 cm³/mol. The molecule has 0 heterocycles. The van der Waals surface area contributed by atoms with Gasteiger partial charge in [0.1, 0.15) is 0 Å². The van der Waals surface area contributed by atoms with E-state index >= 15 is 0 Å². The Labute approximate surface area is 203 Å². The number of benzene rings is 3. The molecular formula is C26H26N2O7. The van der Waals surface area contributed by atoms with Crippen molar-refractivity contribution in [3.63, 3.8) is 0 Å². The first kappa shape index (κ1) is 25.1. The van der Waals surface area contributed by atoms with Crippen LogP contribution in [0.1, 0.15) is 31.8 Å². The van der Waals surface area contributed by atoms with Gasteiger partial charge in [-0.2, -0.15) is 5.10 Å². The molecule has 0 aliphatic rings. The van der Waals surface area contributed by atoms with Crippen LogP contribution in [0.2, 0.25) is 0 Å². The van der Waals surface area contributed by atoms with Gasteiger partial charge >= 0.3 is 5.97 Å². The third-order valence-electron chi connectivity index (χ3n) is 4.98. The molecule has 0 saturated carbocycles. The Hall–Kier alpha value is -4.53. The maximum Gasteiger partial charge on any atom is 0.343 e. The third-order valence-corrected chi connectivity index (χ3v) is 4.98. The number of carbonyl (C=O) groups excluding carboxylic acids is 2. The van der Waals surface area contributed by atoms with Crippen LogP contribution in [0.4, 0.5) is 0 Å². The smallest absolute Gasteiger partial charge is 0.343 e. The van der Waals surface area contributed by atoms with E-state index in [1.807, 2.05) is 19.1 Å². The van der Waals surface area contributed by atoms with E-state index in [2.05, 4.69) is 10.5 Å². The predicted octanol–water partition coefficient (Wildman–Crippen LogP) is 4.01. The molecule has 0 bridgehead atoms. The first-order chi connectivity index (χ1) is 16.9. The minimum atomic E-state index is -0.498. The van der Waals surface area contributed by atoms with Crippen molar-refractivity contribution in [1.82, 2.24) is 5.43 Å². The first-order valence-corrected chi connectivity index (χ1v) is 10.5. The molecule has 9 nitrogen and oxygen atoms in total. The fourth-order valence-electron chi connectivity index (χ4n) is 3.14. The molecule has 3 aromatic carbocycles. The Kier molecular flexibility index (Phi) is 8.29. The van der Waals surface area contributed by atoms with Gasteiger partial charge in [-0.1, -0.05) is 17.7 Å². The number of hydrogen-bond acceptors (Lipinski definition) is 8. The number of amides is 1. The lowest BCUT2D eigenvalue weighted by Crippen LogP contribution is -2.18. The van der Waals surface area contributed by atoms with Crippen molar-refractivity contribution in [3.8, 4) is 28.7 Å². The van der Waals surface area contributed by atoms with E-state index in [1.54, 1.807) is 30.3 Å². The summed E-state index contributed by atoms with van der Waals surface area (Å²) in [6.07, 6.45) is 1.43. The van der Waals surface area contributed by atoms with Gasteiger partial charge in [-0.15, -0.1) is 0 Å². The summed E-state index contributed by atoms with van der Waals surface area (Å²) in [6, 6.07) is 15.0. The monoisotopic (exact) mass is 478 g/mol. The molecule has 9 heteroatoms. The topological polar surface area (TPSA) is 105 Å². The van der Waals surface area contributed by atoms with Crippen molar-refractivity contribution in [2.45, 2.75) is 6.92 Å². The van der Waals surface area contributed by atoms with Crippen molar-refractivity contribution < 1.29 is 33.3 Å².